The van der Waals surface area contributed by atoms with Gasteiger partial charge in [-0.1, -0.05) is 0 Å². The van der Waals surface area contributed by atoms with Crippen molar-refractivity contribution < 1.29 is 27.4 Å². The lowest BCUT2D eigenvalue weighted by Gasteiger charge is -0.413. The van der Waals surface area contributed by atoms with E-state index in [-0.39, 0.29) is 114 Å². The summed E-state index contributed by atoms with van der Waals surface area (Å²) in [4.78, 5) is 0. The Bertz CT molecular complexity index is 10.0. The van der Waals surface area contributed by atoms with Gasteiger partial charge in [-0.2, -0.15) is 0 Å². The van der Waals surface area contributed by atoms with Crippen LogP contribution in [-0.4, -0.2) is 114 Å². The molecular formula is H25Al5O5. The second-order valence-corrected chi connectivity index (χ2v) is 0. The van der Waals surface area contributed by atoms with Gasteiger partial charge in [-0.3, -0.25) is 0 Å². The predicted octanol–water partition coefficient (Wildman–Crippen LogP) is -10.0. The average molecular weight is 240 g/mol. The van der Waals surface area contributed by atoms with Gasteiger partial charge in [-0.25, -0.2) is 0 Å². The molecule has 0 fully saturated rings. The van der Waals surface area contributed by atoms with E-state index in [1.807, 2.05) is 0 Å². The third-order valence-electron chi connectivity index (χ3n) is 0. The summed E-state index contributed by atoms with van der Waals surface area (Å²) in [6.45, 7) is 0. The van der Waals surface area contributed by atoms with E-state index in [0.29, 0.717) is 0 Å². The van der Waals surface area contributed by atoms with Gasteiger partial charge >= 0.3 is 0 Å². The zero-order chi connectivity index (χ0) is 0. The highest BCUT2D eigenvalue weighted by Crippen LogP contribution is -0.285. The summed E-state index contributed by atoms with van der Waals surface area (Å²) in [5, 5.41) is 0. The highest BCUT2D eigenvalue weighted by atomic mass is 27.0. The van der Waals surface area contributed by atoms with Crippen molar-refractivity contribution in [3.8, 4) is 0 Å². The maximum atomic E-state index is 0. The van der Waals surface area contributed by atoms with E-state index in [9.17, 15) is 0 Å². The molecule has 0 saturated heterocycles. The van der Waals surface area contributed by atoms with Crippen molar-refractivity contribution in [2.75, 3.05) is 0 Å². The van der Waals surface area contributed by atoms with Crippen molar-refractivity contribution in [2.24, 2.45) is 0 Å². The molecule has 0 atom stereocenters. The minimum absolute atomic E-state index is 0. The topological polar surface area (TPSA) is 158 Å². The molecule has 0 unspecified atom stereocenters. The molecule has 0 rings (SSSR count). The van der Waals surface area contributed by atoms with Crippen molar-refractivity contribution in [3.05, 3.63) is 0 Å². The average Bonchev–Trinajstić information content (AvgIpc) is 0. The molecule has 0 aromatic carbocycles. The smallest absolute Gasteiger partial charge is 0.187 e. The SMILES string of the molecule is O.O.O.O.O.[AlH3].[AlH3].[AlH3].[AlH3].[AlH3]. The molecule has 70 valence electrons. The van der Waals surface area contributed by atoms with Gasteiger partial charge in [-0.05, 0) is 0 Å². The lowest BCUT2D eigenvalue weighted by Crippen LogP contribution is -0.382. The largest absolute Gasteiger partial charge is 0.412 e. The minimum Gasteiger partial charge on any atom is -0.412 e. The molecular weight excluding hydrogens is 215 g/mol. The monoisotopic (exact) mass is 240 g/mol. The van der Waals surface area contributed by atoms with E-state index >= 15 is 0 Å². The second-order valence-electron chi connectivity index (χ2n) is 0. The van der Waals surface area contributed by atoms with Crippen LogP contribution in [0.25, 0.3) is 0 Å². The molecule has 10 N–H and O–H groups in total. The van der Waals surface area contributed by atoms with E-state index in [2.05, 4.69) is 0 Å². The highest BCUT2D eigenvalue weighted by molar-refractivity contribution is 5.76. The minimum atomic E-state index is 0. The molecule has 0 radical (unpaired) electrons. The van der Waals surface area contributed by atoms with Gasteiger partial charge in [0, 0.05) is 0 Å². The Morgan fingerprint density at radius 1 is 0.200 bits per heavy atom. The van der Waals surface area contributed by atoms with Gasteiger partial charge in [-0.15, -0.1) is 0 Å². The van der Waals surface area contributed by atoms with Gasteiger partial charge < -0.3 is 27.4 Å². The molecule has 0 heterocycles. The molecule has 0 amide bonds. The van der Waals surface area contributed by atoms with Crippen LogP contribution in [0.5, 0.6) is 0 Å². The highest BCUT2D eigenvalue weighted by Gasteiger charge is 0.191. The Balaban J connectivity index is 0. The number of hydrogen-bond donors (Lipinski definition) is 0. The van der Waals surface area contributed by atoms with Crippen LogP contribution in [0.15, 0.2) is 0 Å². The summed E-state index contributed by atoms with van der Waals surface area (Å²) in [6.07, 6.45) is 0. The molecule has 0 aliphatic carbocycles. The summed E-state index contributed by atoms with van der Waals surface area (Å²) in [6, 6.07) is 0. The molecule has 0 saturated carbocycles. The van der Waals surface area contributed by atoms with E-state index in [0.717, 1.165) is 0 Å². The Morgan fingerprint density at radius 3 is 0.200 bits per heavy atom. The second kappa shape index (κ2) is 207. The normalized spacial score (nSPS) is 0. The van der Waals surface area contributed by atoms with Crippen LogP contribution in [0, 0.1) is 0 Å². The van der Waals surface area contributed by atoms with Gasteiger partial charge in [0.15, 0.2) is 86.8 Å². The summed E-state index contributed by atoms with van der Waals surface area (Å²) in [5.74, 6) is 0. The van der Waals surface area contributed by atoms with Crippen molar-refractivity contribution in [3.63, 3.8) is 0 Å². The van der Waals surface area contributed by atoms with Crippen LogP contribution in [-0.2, 0) is 0 Å². The summed E-state index contributed by atoms with van der Waals surface area (Å²) in [7, 11) is 0. The van der Waals surface area contributed by atoms with Crippen molar-refractivity contribution in [2.45, 2.75) is 0 Å². The van der Waals surface area contributed by atoms with Gasteiger partial charge in [0.25, 0.3) is 0 Å². The fourth-order valence-corrected chi connectivity index (χ4v) is 0. The predicted molar refractivity (Wildman–Crippen MR) is 67.8 cm³/mol. The van der Waals surface area contributed by atoms with Gasteiger partial charge in [0.1, 0.15) is 0 Å². The van der Waals surface area contributed by atoms with E-state index in [1.54, 1.807) is 0 Å². The van der Waals surface area contributed by atoms with Crippen LogP contribution < -0.4 is 0 Å². The Hall–Kier alpha value is 2.46. The zero-order valence-electron chi connectivity index (χ0n) is 2.50. The molecule has 10 heavy (non-hydrogen) atoms. The lowest BCUT2D eigenvalue weighted by molar-refractivity contribution is 0.823. The molecule has 0 aliphatic heterocycles. The van der Waals surface area contributed by atoms with Crippen LogP contribution >= 0.6 is 0 Å². The van der Waals surface area contributed by atoms with E-state index in [4.69, 9.17) is 0 Å². The first-order valence-corrected chi connectivity index (χ1v) is 0. The quantitative estimate of drug-likeness (QED) is 0.368. The third kappa shape index (κ3) is 155. The summed E-state index contributed by atoms with van der Waals surface area (Å²) < 4.78 is 0. The van der Waals surface area contributed by atoms with Crippen molar-refractivity contribution in [1.29, 1.82) is 0 Å². The van der Waals surface area contributed by atoms with Crippen molar-refractivity contribution in [1.82, 2.24) is 0 Å². The van der Waals surface area contributed by atoms with Gasteiger partial charge in [0.2, 0.25) is 0 Å². The summed E-state index contributed by atoms with van der Waals surface area (Å²) in [5.41, 5.74) is 0. The number of hydrogen-bond acceptors (Lipinski definition) is 0. The fourth-order valence-electron chi connectivity index (χ4n) is 0. The van der Waals surface area contributed by atoms with Crippen molar-refractivity contribution >= 4 is 86.8 Å². The standard InChI is InChI=1S/5Al.5H2O.15H/h;;;;;5*1H2;;;;;;;;;;;;;;;. The summed E-state index contributed by atoms with van der Waals surface area (Å²) >= 11 is 0. The van der Waals surface area contributed by atoms with Crippen LogP contribution in [0.3, 0.4) is 0 Å². The molecule has 0 aromatic rings. The number of rotatable bonds is 0. The fraction of sp³-hybridized carbons (Fsp3) is 0. The first-order valence-electron chi connectivity index (χ1n) is 0. The Labute approximate surface area is 113 Å². The molecule has 0 aliphatic rings. The van der Waals surface area contributed by atoms with Crippen LogP contribution in [0.2, 0.25) is 0 Å². The zero-order valence-corrected chi connectivity index (χ0v) is 2.50. The third-order valence-corrected chi connectivity index (χ3v) is 0. The molecule has 0 aromatic heterocycles. The molecule has 10 heteroatoms. The molecule has 0 bridgehead atoms. The Morgan fingerprint density at radius 2 is 0.200 bits per heavy atom. The maximum absolute atomic E-state index is 0. The molecule has 5 nitrogen and oxygen atoms in total. The van der Waals surface area contributed by atoms with Gasteiger partial charge in [0.05, 0.1) is 0 Å². The Kier molecular flexibility index (Phi) is 5590. The maximum Gasteiger partial charge on any atom is 0.187 e. The first-order chi connectivity index (χ1) is 0. The molecule has 0 spiro atoms. The van der Waals surface area contributed by atoms with Crippen LogP contribution in [0.4, 0.5) is 0 Å². The van der Waals surface area contributed by atoms with E-state index in [1.165, 1.54) is 0 Å². The lowest BCUT2D eigenvalue weighted by atomic mass is 16.0. The van der Waals surface area contributed by atoms with E-state index < -0.39 is 0 Å². The first kappa shape index (κ1) is 270. The van der Waals surface area contributed by atoms with Crippen LogP contribution in [0.1, 0.15) is 0 Å².